The predicted octanol–water partition coefficient (Wildman–Crippen LogP) is 5.54. The van der Waals surface area contributed by atoms with Gasteiger partial charge in [-0.2, -0.15) is 0 Å². The molecular weight excluding hydrogens is 534 g/mol. The van der Waals surface area contributed by atoms with Crippen molar-refractivity contribution in [3.63, 3.8) is 0 Å². The van der Waals surface area contributed by atoms with Gasteiger partial charge in [0.25, 0.3) is 0 Å². The van der Waals surface area contributed by atoms with Gasteiger partial charge in [-0.05, 0) is 35.8 Å². The molecule has 2 heterocycles. The van der Waals surface area contributed by atoms with Crippen molar-refractivity contribution in [2.45, 2.75) is 62.4 Å². The molecule has 1 saturated heterocycles. The highest BCUT2D eigenvalue weighted by Crippen LogP contribution is 2.65. The third kappa shape index (κ3) is 3.12. The maximum atomic E-state index is 14.6. The number of carbonyl (C=O) groups excluding carboxylic acids is 4. The topological polar surface area (TPSA) is 95.0 Å². The minimum Gasteiger partial charge on any atom is -0.547 e. The molecule has 0 radical (unpaired) electrons. The molecule has 2 fully saturated rings. The van der Waals surface area contributed by atoms with Crippen molar-refractivity contribution < 1.29 is 28.3 Å². The molecule has 1 aliphatic heterocycles. The van der Waals surface area contributed by atoms with Crippen LogP contribution in [-0.4, -0.2) is 47.2 Å². The summed E-state index contributed by atoms with van der Waals surface area (Å²) < 4.78 is 14.7. The number of benzene rings is 2. The molecule has 7 rings (SSSR count). The van der Waals surface area contributed by atoms with E-state index >= 15 is 0 Å². The molecule has 1 saturated carbocycles. The highest BCUT2D eigenvalue weighted by atomic mass is 28.4. The van der Waals surface area contributed by atoms with Gasteiger partial charge in [0.15, 0.2) is 11.6 Å². The van der Waals surface area contributed by atoms with Crippen molar-refractivity contribution in [1.29, 1.82) is 0 Å². The number of carbonyl (C=O) groups is 4. The molecule has 5 atom stereocenters. The lowest BCUT2D eigenvalue weighted by atomic mass is 9.55. The van der Waals surface area contributed by atoms with Crippen molar-refractivity contribution in [1.82, 2.24) is 4.57 Å². The van der Waals surface area contributed by atoms with Crippen LogP contribution in [-0.2, 0) is 25.8 Å². The molecule has 3 aromatic rings. The molecule has 0 bridgehead atoms. The second-order valence-corrected chi connectivity index (χ2v) is 18.2. The zero-order chi connectivity index (χ0) is 29.3. The molecule has 4 aliphatic rings. The van der Waals surface area contributed by atoms with Crippen LogP contribution in [0.15, 0.2) is 66.6 Å². The summed E-state index contributed by atoms with van der Waals surface area (Å²) >= 11 is 0. The summed E-state index contributed by atoms with van der Waals surface area (Å²) in [4.78, 5) is 56.9. The van der Waals surface area contributed by atoms with Crippen LogP contribution in [0.2, 0.25) is 18.1 Å². The summed E-state index contributed by atoms with van der Waals surface area (Å²) in [5, 5.41) is 0.876. The Morgan fingerprint density at radius 1 is 0.902 bits per heavy atom. The number of hydrogen-bond donors (Lipinski definition) is 0. The summed E-state index contributed by atoms with van der Waals surface area (Å²) in [6, 6.07) is 14.3. The third-order valence-corrected chi connectivity index (χ3v) is 14.6. The molecule has 2 aromatic carbocycles. The minimum absolute atomic E-state index is 0.0884. The monoisotopic (exact) mass is 567 g/mol. The molecule has 0 amide bonds. The maximum absolute atomic E-state index is 14.6. The molecule has 8 heteroatoms. The van der Waals surface area contributed by atoms with Gasteiger partial charge in [-0.1, -0.05) is 63.2 Å². The highest BCUT2D eigenvalue weighted by Gasteiger charge is 2.91. The molecular formula is C33H33NO6Si. The summed E-state index contributed by atoms with van der Waals surface area (Å²) in [5.74, 6) is -3.73. The summed E-state index contributed by atoms with van der Waals surface area (Å²) in [7, 11) is -0.356. The van der Waals surface area contributed by atoms with E-state index in [-0.39, 0.29) is 22.6 Å². The minimum atomic E-state index is -2.30. The van der Waals surface area contributed by atoms with Crippen molar-refractivity contribution in [2.24, 2.45) is 18.9 Å². The van der Waals surface area contributed by atoms with Crippen LogP contribution in [0, 0.1) is 11.8 Å². The van der Waals surface area contributed by atoms with Gasteiger partial charge < -0.3 is 13.7 Å². The zero-order valence-corrected chi connectivity index (χ0v) is 25.1. The number of para-hydroxylation sites is 1. The quantitative estimate of drug-likeness (QED) is 0.234. The molecule has 3 aliphatic carbocycles. The Kier molecular flexibility index (Phi) is 5.14. The Balaban J connectivity index is 1.42. The molecule has 0 N–H and O–H groups in total. The third-order valence-electron chi connectivity index (χ3n) is 10.2. The van der Waals surface area contributed by atoms with Crippen LogP contribution in [0.25, 0.3) is 10.9 Å². The van der Waals surface area contributed by atoms with Gasteiger partial charge in [-0.15, -0.1) is 0 Å². The lowest BCUT2D eigenvalue weighted by Crippen LogP contribution is -2.63. The van der Waals surface area contributed by atoms with Crippen LogP contribution < -0.4 is 0 Å². The number of ketones is 4. The number of allylic oxidation sites excluding steroid dienone is 2. The molecule has 7 nitrogen and oxygen atoms in total. The smallest absolute Gasteiger partial charge is 0.250 e. The molecule has 0 unspecified atom stereocenters. The first-order valence-electron chi connectivity index (χ1n) is 14.2. The lowest BCUT2D eigenvalue weighted by molar-refractivity contribution is -0.139. The summed E-state index contributed by atoms with van der Waals surface area (Å²) in [6.07, 6.45) is 4.17. The van der Waals surface area contributed by atoms with Gasteiger partial charge in [0, 0.05) is 59.4 Å². The normalized spacial score (nSPS) is 30.8. The predicted molar refractivity (Wildman–Crippen MR) is 155 cm³/mol. The lowest BCUT2D eigenvalue weighted by Gasteiger charge is -2.44. The average Bonchev–Trinajstić information content (AvgIpc) is 3.57. The zero-order valence-electron chi connectivity index (χ0n) is 24.1. The molecule has 0 spiro atoms. The number of fused-ring (bicyclic) bond motifs is 3. The van der Waals surface area contributed by atoms with Crippen LogP contribution in [0.4, 0.5) is 0 Å². The number of ether oxygens (including phenoxy) is 1. The number of Topliss-reactive ketones (excluding diaryl/α,β-unsaturated/α-hetero) is 4. The van der Waals surface area contributed by atoms with Crippen molar-refractivity contribution in [2.75, 3.05) is 0 Å². The fourth-order valence-electron chi connectivity index (χ4n) is 7.09. The number of aryl methyl sites for hydroxylation is 1. The van der Waals surface area contributed by atoms with Crippen LogP contribution in [0.1, 0.15) is 59.4 Å². The van der Waals surface area contributed by atoms with E-state index in [2.05, 4.69) is 33.9 Å². The second-order valence-electron chi connectivity index (χ2n) is 13.5. The fourth-order valence-corrected chi connectivity index (χ4v) is 8.20. The van der Waals surface area contributed by atoms with Gasteiger partial charge in [0.2, 0.25) is 31.1 Å². The number of aromatic nitrogens is 1. The van der Waals surface area contributed by atoms with E-state index in [1.54, 1.807) is 12.1 Å². The first-order chi connectivity index (χ1) is 19.3. The Hall–Kier alpha value is -3.62. The number of rotatable bonds is 3. The van der Waals surface area contributed by atoms with Crippen molar-refractivity contribution >= 4 is 42.4 Å². The van der Waals surface area contributed by atoms with E-state index in [0.717, 1.165) is 16.5 Å². The van der Waals surface area contributed by atoms with E-state index < -0.39 is 60.4 Å². The van der Waals surface area contributed by atoms with E-state index in [4.69, 9.17) is 9.16 Å². The SMILES string of the molecule is Cn1cc([C@H]2C=C(O[Si](C)(C)C(C)(C)C)C[C@H]3C(=O)[C@]45O[C@]4(C(=O)c4ccccc4C5=O)C(=O)[C@@H]23)c2ccccc21. The number of epoxide rings is 1. The van der Waals surface area contributed by atoms with Crippen LogP contribution in [0.3, 0.4) is 0 Å². The standard InChI is InChI=1S/C33H33NO6Si/c1-31(2,3)41(5,6)39-18-15-22(24-17-34(4)25-14-10-9-11-19(24)25)26-23(16-18)29(37)32-27(35)20-12-7-8-13-21(20)28(36)33(32,40-32)30(26)38/h7-15,17,22-23,26H,16H2,1-6H3/t22-,23-,26+,32+,33-/m1/s1. The summed E-state index contributed by atoms with van der Waals surface area (Å²) in [5.41, 5.74) is -2.02. The maximum Gasteiger partial charge on any atom is 0.250 e. The number of hydrogen-bond acceptors (Lipinski definition) is 6. The second kappa shape index (κ2) is 8.01. The Morgan fingerprint density at radius 3 is 2.12 bits per heavy atom. The fraction of sp³-hybridized carbons (Fsp3) is 0.394. The van der Waals surface area contributed by atoms with E-state index in [1.807, 2.05) is 48.2 Å². The van der Waals surface area contributed by atoms with E-state index in [1.165, 1.54) is 12.1 Å². The highest BCUT2D eigenvalue weighted by molar-refractivity contribution is 6.74. The number of nitrogens with zero attached hydrogens (tertiary/aromatic N) is 1. The van der Waals surface area contributed by atoms with Gasteiger partial charge in [0.05, 0.1) is 5.76 Å². The van der Waals surface area contributed by atoms with Crippen molar-refractivity contribution in [3.05, 3.63) is 83.3 Å². The molecule has 1 aromatic heterocycles. The molecule has 210 valence electrons. The first kappa shape index (κ1) is 26.3. The van der Waals surface area contributed by atoms with E-state index in [0.29, 0.717) is 5.76 Å². The van der Waals surface area contributed by atoms with E-state index in [9.17, 15) is 19.2 Å². The van der Waals surface area contributed by atoms with Gasteiger partial charge in [-0.3, -0.25) is 19.2 Å². The van der Waals surface area contributed by atoms with Crippen LogP contribution >= 0.6 is 0 Å². The van der Waals surface area contributed by atoms with Gasteiger partial charge in [-0.25, -0.2) is 0 Å². The Labute approximate surface area is 239 Å². The largest absolute Gasteiger partial charge is 0.547 e. The van der Waals surface area contributed by atoms with Crippen molar-refractivity contribution in [3.8, 4) is 0 Å². The van der Waals surface area contributed by atoms with Gasteiger partial charge >= 0.3 is 0 Å². The first-order valence-corrected chi connectivity index (χ1v) is 17.1. The Morgan fingerprint density at radius 2 is 1.49 bits per heavy atom. The van der Waals surface area contributed by atoms with Gasteiger partial charge in [0.1, 0.15) is 0 Å². The van der Waals surface area contributed by atoms with Crippen LogP contribution in [0.5, 0.6) is 0 Å². The molecule has 41 heavy (non-hydrogen) atoms. The summed E-state index contributed by atoms with van der Waals surface area (Å²) in [6.45, 7) is 10.7. The Bertz CT molecular complexity index is 1760. The average molecular weight is 568 g/mol.